The number of para-hydroxylation sites is 1. The van der Waals surface area contributed by atoms with E-state index in [0.717, 1.165) is 23.6 Å². The van der Waals surface area contributed by atoms with Crippen LogP contribution in [0.3, 0.4) is 0 Å². The molecular weight excluding hydrogens is 492 g/mol. The average molecular weight is 515 g/mol. The molecule has 0 amide bonds. The van der Waals surface area contributed by atoms with Crippen LogP contribution in [-0.4, -0.2) is 33.5 Å². The van der Waals surface area contributed by atoms with Crippen LogP contribution in [0, 0.1) is 6.07 Å². The van der Waals surface area contributed by atoms with Crippen molar-refractivity contribution in [2.75, 3.05) is 7.05 Å². The fourth-order valence-electron chi connectivity index (χ4n) is 2.38. The van der Waals surface area contributed by atoms with Crippen LogP contribution in [0.5, 0.6) is 0 Å². The first kappa shape index (κ1) is 20.8. The Morgan fingerprint density at radius 1 is 1.20 bits per heavy atom. The summed E-state index contributed by atoms with van der Waals surface area (Å²) in [5.41, 5.74) is 3.39. The third-order valence-corrected chi connectivity index (χ3v) is 3.35. The Kier molecular flexibility index (Phi) is 8.26. The van der Waals surface area contributed by atoms with E-state index < -0.39 is 0 Å². The number of rotatable bonds is 2. The number of nitrogens with zero attached hydrogens (tertiary/aromatic N) is 2. The van der Waals surface area contributed by atoms with Gasteiger partial charge in [0.25, 0.3) is 0 Å². The van der Waals surface area contributed by atoms with E-state index in [0.29, 0.717) is 0 Å². The number of amidine groups is 1. The number of aliphatic hydroxyl groups excluding tert-OH is 1. The third-order valence-electron chi connectivity index (χ3n) is 3.35. The van der Waals surface area contributed by atoms with Gasteiger partial charge in [0.15, 0.2) is 0 Å². The number of hydrogen-bond acceptors (Lipinski definition) is 3. The van der Waals surface area contributed by atoms with Crippen molar-refractivity contribution in [2.24, 2.45) is 4.99 Å². The fraction of sp³-hybridized carbons (Fsp3) is 0.200. The number of aliphatic hydroxyl groups is 1. The molecule has 2 N–H and O–H groups in total. The van der Waals surface area contributed by atoms with E-state index in [1.54, 1.807) is 0 Å². The van der Waals surface area contributed by atoms with Crippen molar-refractivity contribution in [1.82, 2.24) is 4.90 Å². The van der Waals surface area contributed by atoms with Crippen molar-refractivity contribution < 1.29 is 30.0 Å². The van der Waals surface area contributed by atoms with Crippen LogP contribution < -0.4 is 0 Å². The second-order valence-electron chi connectivity index (χ2n) is 5.62. The third kappa shape index (κ3) is 6.29. The van der Waals surface area contributed by atoms with Gasteiger partial charge in [0.05, 0.1) is 30.3 Å². The number of fused-ring (bicyclic) bond motifs is 1. The molecule has 133 valence electrons. The zero-order valence-corrected chi connectivity index (χ0v) is 16.9. The number of ketones is 1. The number of hydrogen-bond donors (Lipinski definition) is 1. The van der Waals surface area contributed by atoms with Crippen LogP contribution in [0.15, 0.2) is 65.4 Å². The number of carbonyl (C=O) groups excluding carboxylic acids is 1. The maximum atomic E-state index is 8.40. The smallest absolute Gasteiger partial charge is 0.316 e. The van der Waals surface area contributed by atoms with Gasteiger partial charge in [0, 0.05) is 26.7 Å². The van der Waals surface area contributed by atoms with E-state index in [4.69, 9.17) is 14.9 Å². The molecule has 0 saturated heterocycles. The summed E-state index contributed by atoms with van der Waals surface area (Å²) in [6.07, 6.45) is 1.28. The number of benzene rings is 2. The molecule has 5 heteroatoms. The molecule has 0 atom stereocenters. The van der Waals surface area contributed by atoms with Crippen molar-refractivity contribution in [3.63, 3.8) is 0 Å². The average Bonchev–Trinajstić information content (AvgIpc) is 2.54. The topological polar surface area (TPSA) is 57.2 Å². The van der Waals surface area contributed by atoms with Gasteiger partial charge in [0.2, 0.25) is 0 Å². The molecule has 1 radical (unpaired) electrons. The molecule has 0 bridgehead atoms. The van der Waals surface area contributed by atoms with Crippen LogP contribution in [0.25, 0.3) is 0 Å². The van der Waals surface area contributed by atoms with Gasteiger partial charge in [-0.3, -0.25) is 9.79 Å². The van der Waals surface area contributed by atoms with Gasteiger partial charge in [-0.1, -0.05) is 18.2 Å². The first-order valence-electron chi connectivity index (χ1n) is 7.72. The van der Waals surface area contributed by atoms with Gasteiger partial charge in [-0.05, 0) is 25.6 Å². The van der Waals surface area contributed by atoms with Crippen LogP contribution in [0.4, 0.5) is 5.69 Å². The van der Waals surface area contributed by atoms with E-state index in [9.17, 15) is 0 Å². The second-order valence-corrected chi connectivity index (χ2v) is 5.62. The van der Waals surface area contributed by atoms with Gasteiger partial charge >= 0.3 is 5.78 Å². The van der Waals surface area contributed by atoms with Crippen molar-refractivity contribution in [3.05, 3.63) is 77.6 Å². The molecule has 0 aromatic heterocycles. The Bertz CT molecular complexity index is 766. The van der Waals surface area contributed by atoms with Gasteiger partial charge in [-0.2, -0.15) is 0 Å². The minimum absolute atomic E-state index is 0. The van der Waals surface area contributed by atoms with Crippen molar-refractivity contribution in [2.45, 2.75) is 20.4 Å². The molecule has 2 aromatic carbocycles. The second kappa shape index (κ2) is 9.92. The summed E-state index contributed by atoms with van der Waals surface area (Å²) in [5.74, 6) is 1.24. The van der Waals surface area contributed by atoms with E-state index in [2.05, 4.69) is 36.2 Å². The Morgan fingerprint density at radius 2 is 1.88 bits per heavy atom. The zero-order valence-electron chi connectivity index (χ0n) is 14.5. The predicted molar refractivity (Wildman–Crippen MR) is 98.4 cm³/mol. The molecule has 0 spiro atoms. The van der Waals surface area contributed by atoms with Gasteiger partial charge in [-0.15, -0.1) is 35.9 Å². The fourth-order valence-corrected chi connectivity index (χ4v) is 2.38. The summed E-state index contributed by atoms with van der Waals surface area (Å²) in [7, 11) is 2.07. The normalized spacial score (nSPS) is 12.8. The molecule has 1 aliphatic heterocycles. The zero-order chi connectivity index (χ0) is 17.5. The van der Waals surface area contributed by atoms with E-state index >= 15 is 0 Å². The summed E-state index contributed by atoms with van der Waals surface area (Å²) in [6, 6.07) is 19.5. The van der Waals surface area contributed by atoms with E-state index in [1.165, 1.54) is 25.5 Å². The molecule has 1 aliphatic rings. The summed E-state index contributed by atoms with van der Waals surface area (Å²) in [6.45, 7) is 3.90. The molecular formula is C20H22IrN2O2. The Labute approximate surface area is 162 Å². The maximum absolute atomic E-state index is 8.40. The van der Waals surface area contributed by atoms with Crippen LogP contribution in [0.1, 0.15) is 25.0 Å². The maximum Gasteiger partial charge on any atom is 0.316 e. The molecule has 1 heterocycles. The largest absolute Gasteiger partial charge is 0.512 e. The summed E-state index contributed by atoms with van der Waals surface area (Å²) >= 11 is 0. The Morgan fingerprint density at radius 3 is 2.44 bits per heavy atom. The standard InChI is InChI=1S/C15H13N2.C5H8O2.Ir/c1-17-11-13-9-5-6-10-14(13)16-15(17)12-7-3-2-4-8-12;1-4(6)3-5(2)7;/h2-7,9-10H,11H2,1H3;3,6H,1-2H3;/q-1;;/p+1/b;4-3-;. The van der Waals surface area contributed by atoms with Gasteiger partial charge < -0.3 is 10.0 Å². The number of aliphatic imine (C=N–C) groups is 1. The predicted octanol–water partition coefficient (Wildman–Crippen LogP) is 4.02. The van der Waals surface area contributed by atoms with Gasteiger partial charge in [0.1, 0.15) is 0 Å². The van der Waals surface area contributed by atoms with E-state index in [-0.39, 0.29) is 31.6 Å². The first-order chi connectivity index (χ1) is 11.5. The molecule has 0 saturated carbocycles. The summed E-state index contributed by atoms with van der Waals surface area (Å²) in [5, 5.41) is 8.40. The molecule has 0 fully saturated rings. The first-order valence-corrected chi connectivity index (χ1v) is 7.72. The van der Waals surface area contributed by atoms with Crippen LogP contribution >= 0.6 is 0 Å². The van der Waals surface area contributed by atoms with Crippen LogP contribution in [-0.2, 0) is 26.7 Å². The molecule has 2 aromatic rings. The molecule has 3 rings (SSSR count). The summed E-state index contributed by atoms with van der Waals surface area (Å²) < 4.78 is 0. The van der Waals surface area contributed by atoms with Crippen molar-refractivity contribution in [3.8, 4) is 0 Å². The Balaban J connectivity index is 0.000000339. The molecule has 25 heavy (non-hydrogen) atoms. The molecule has 0 unspecified atom stereocenters. The van der Waals surface area contributed by atoms with Crippen molar-refractivity contribution in [1.29, 1.82) is 0 Å². The van der Waals surface area contributed by atoms with E-state index in [1.807, 2.05) is 30.3 Å². The molecule has 0 aliphatic carbocycles. The number of allylic oxidation sites excluding steroid dienone is 2. The van der Waals surface area contributed by atoms with Crippen LogP contribution in [0.2, 0.25) is 0 Å². The van der Waals surface area contributed by atoms with Crippen molar-refractivity contribution >= 4 is 17.3 Å². The summed E-state index contributed by atoms with van der Waals surface area (Å²) in [4.78, 5) is 15.3. The SMILES string of the molecule is CC(=[OH+])/C=C(/C)O.CN1Cc2ccccc2N=C1c1[c-]cccc1.[Ir]. The Hall–Kier alpha value is -2.23. The molecule has 4 nitrogen and oxygen atoms in total. The van der Waals surface area contributed by atoms with Gasteiger partial charge in [-0.25, -0.2) is 0 Å². The minimum Gasteiger partial charge on any atom is -0.512 e. The monoisotopic (exact) mass is 515 g/mol. The minimum atomic E-state index is 0. The quantitative estimate of drug-likeness (QED) is 0.285.